The van der Waals surface area contributed by atoms with Crippen molar-refractivity contribution in [3.05, 3.63) is 46.5 Å². The third-order valence-corrected chi connectivity index (χ3v) is 4.49. The molecule has 0 aliphatic carbocycles. The zero-order valence-electron chi connectivity index (χ0n) is 16.0. The van der Waals surface area contributed by atoms with Crippen LogP contribution in [0.25, 0.3) is 0 Å². The van der Waals surface area contributed by atoms with Crippen molar-refractivity contribution in [2.24, 2.45) is 0 Å². The number of anilines is 1. The van der Waals surface area contributed by atoms with Gasteiger partial charge in [0.2, 0.25) is 5.91 Å². The van der Waals surface area contributed by atoms with E-state index in [9.17, 15) is 4.79 Å². The van der Waals surface area contributed by atoms with Gasteiger partial charge < -0.3 is 24.8 Å². The molecule has 0 aliphatic heterocycles. The molecule has 2 aromatic rings. The number of carbonyl (C=O) groups excluding carboxylic acids is 1. The normalized spacial score (nSPS) is 10.4. The van der Waals surface area contributed by atoms with Crippen molar-refractivity contribution in [1.29, 1.82) is 0 Å². The number of amides is 1. The number of aryl methyl sites for hydroxylation is 1. The van der Waals surface area contributed by atoms with Crippen molar-refractivity contribution in [2.45, 2.75) is 13.3 Å². The van der Waals surface area contributed by atoms with Crippen molar-refractivity contribution in [1.82, 2.24) is 5.32 Å². The van der Waals surface area contributed by atoms with E-state index in [0.717, 1.165) is 17.5 Å². The van der Waals surface area contributed by atoms with Gasteiger partial charge in [0.05, 0.1) is 33.6 Å². The van der Waals surface area contributed by atoms with Crippen molar-refractivity contribution >= 4 is 23.2 Å². The molecule has 0 atom stereocenters. The molecular weight excluding hydrogens is 368 g/mol. The molecule has 0 aromatic heterocycles. The maximum atomic E-state index is 12.2. The summed E-state index contributed by atoms with van der Waals surface area (Å²) in [5, 5.41) is 6.57. The zero-order valence-corrected chi connectivity index (χ0v) is 16.8. The molecule has 0 bridgehead atoms. The Labute approximate surface area is 164 Å². The van der Waals surface area contributed by atoms with Crippen LogP contribution in [-0.4, -0.2) is 40.3 Å². The van der Waals surface area contributed by atoms with Gasteiger partial charge in [0.25, 0.3) is 0 Å². The highest BCUT2D eigenvalue weighted by Gasteiger charge is 2.10. The lowest BCUT2D eigenvalue weighted by Crippen LogP contribution is -2.29. The molecule has 2 N–H and O–H groups in total. The Hall–Kier alpha value is -2.44. The Morgan fingerprint density at radius 1 is 1.00 bits per heavy atom. The average Bonchev–Trinajstić information content (AvgIpc) is 2.67. The van der Waals surface area contributed by atoms with Gasteiger partial charge in [-0.25, -0.2) is 0 Å². The minimum Gasteiger partial charge on any atom is -0.495 e. The third kappa shape index (κ3) is 5.77. The first kappa shape index (κ1) is 20.9. The van der Waals surface area contributed by atoms with E-state index < -0.39 is 0 Å². The van der Waals surface area contributed by atoms with Gasteiger partial charge in [-0.2, -0.15) is 0 Å². The summed E-state index contributed by atoms with van der Waals surface area (Å²) in [7, 11) is 4.75. The summed E-state index contributed by atoms with van der Waals surface area (Å²) in [5.74, 6) is 1.77. The summed E-state index contributed by atoms with van der Waals surface area (Å²) < 4.78 is 15.8. The molecule has 2 aromatic carbocycles. The molecule has 0 radical (unpaired) electrons. The second-order valence-electron chi connectivity index (χ2n) is 5.97. The van der Waals surface area contributed by atoms with Gasteiger partial charge in [-0.15, -0.1) is 0 Å². The van der Waals surface area contributed by atoms with Gasteiger partial charge in [-0.1, -0.05) is 17.7 Å². The van der Waals surface area contributed by atoms with Gasteiger partial charge in [-0.05, 0) is 49.2 Å². The smallest absolute Gasteiger partial charge is 0.238 e. The molecular formula is C20H25ClN2O4. The molecule has 0 spiro atoms. The number of hydrogen-bond donors (Lipinski definition) is 2. The van der Waals surface area contributed by atoms with E-state index in [1.54, 1.807) is 26.4 Å². The van der Waals surface area contributed by atoms with E-state index in [2.05, 4.69) is 10.6 Å². The number of halogens is 1. The molecule has 2 rings (SSSR count). The van der Waals surface area contributed by atoms with Crippen LogP contribution in [-0.2, 0) is 11.2 Å². The van der Waals surface area contributed by atoms with Crippen LogP contribution in [0.5, 0.6) is 17.2 Å². The van der Waals surface area contributed by atoms with Gasteiger partial charge in [0, 0.05) is 11.1 Å². The van der Waals surface area contributed by atoms with E-state index in [1.807, 2.05) is 25.1 Å². The Balaban J connectivity index is 1.84. The van der Waals surface area contributed by atoms with Crippen LogP contribution in [0.3, 0.4) is 0 Å². The molecule has 0 saturated heterocycles. The fraction of sp³-hybridized carbons (Fsp3) is 0.350. The number of benzene rings is 2. The predicted octanol–water partition coefficient (Wildman–Crippen LogP) is 3.45. The van der Waals surface area contributed by atoms with Crippen LogP contribution in [0.4, 0.5) is 5.69 Å². The standard InChI is InChI=1S/C20H25ClN2O4/c1-13-9-16(18(26-3)11-15(13)21)23-20(24)12-22-8-7-14-5-6-17(25-2)19(10-14)27-4/h5-6,9-11,22H,7-8,12H2,1-4H3,(H,23,24). The molecule has 27 heavy (non-hydrogen) atoms. The number of hydrogen-bond acceptors (Lipinski definition) is 5. The van der Waals surface area contributed by atoms with E-state index >= 15 is 0 Å². The zero-order chi connectivity index (χ0) is 19.8. The lowest BCUT2D eigenvalue weighted by molar-refractivity contribution is -0.115. The maximum Gasteiger partial charge on any atom is 0.238 e. The maximum absolute atomic E-state index is 12.2. The van der Waals surface area contributed by atoms with Gasteiger partial charge in [0.15, 0.2) is 11.5 Å². The molecule has 0 saturated carbocycles. The summed E-state index contributed by atoms with van der Waals surface area (Å²) in [6.07, 6.45) is 0.761. The number of rotatable bonds is 9. The molecule has 0 aliphatic rings. The Morgan fingerprint density at radius 2 is 1.70 bits per heavy atom. The summed E-state index contributed by atoms with van der Waals surface area (Å²) in [4.78, 5) is 12.2. The fourth-order valence-corrected chi connectivity index (χ4v) is 2.75. The van der Waals surface area contributed by atoms with Crippen molar-refractivity contribution in [3.8, 4) is 17.2 Å². The van der Waals surface area contributed by atoms with Crippen LogP contribution >= 0.6 is 11.6 Å². The molecule has 6 nitrogen and oxygen atoms in total. The van der Waals surface area contributed by atoms with Crippen LogP contribution < -0.4 is 24.8 Å². The van der Waals surface area contributed by atoms with Crippen LogP contribution in [0.1, 0.15) is 11.1 Å². The second kappa shape index (κ2) is 10.0. The summed E-state index contributed by atoms with van der Waals surface area (Å²) in [5.41, 5.74) is 2.57. The van der Waals surface area contributed by atoms with Gasteiger partial charge >= 0.3 is 0 Å². The number of methoxy groups -OCH3 is 3. The van der Waals surface area contributed by atoms with Crippen LogP contribution in [0.15, 0.2) is 30.3 Å². The Morgan fingerprint density at radius 3 is 2.37 bits per heavy atom. The highest BCUT2D eigenvalue weighted by Crippen LogP contribution is 2.31. The third-order valence-electron chi connectivity index (χ3n) is 4.08. The molecule has 1 amide bonds. The number of ether oxygens (including phenoxy) is 3. The average molecular weight is 393 g/mol. The lowest BCUT2D eigenvalue weighted by Gasteiger charge is -2.13. The molecule has 0 heterocycles. The quantitative estimate of drug-likeness (QED) is 0.640. The first-order valence-electron chi connectivity index (χ1n) is 8.54. The summed E-state index contributed by atoms with van der Waals surface area (Å²) in [6, 6.07) is 9.27. The van der Waals surface area contributed by atoms with Gasteiger partial charge in [0.1, 0.15) is 5.75 Å². The van der Waals surface area contributed by atoms with E-state index in [-0.39, 0.29) is 12.5 Å². The van der Waals surface area contributed by atoms with Crippen molar-refractivity contribution in [2.75, 3.05) is 39.7 Å². The van der Waals surface area contributed by atoms with Crippen molar-refractivity contribution < 1.29 is 19.0 Å². The summed E-state index contributed by atoms with van der Waals surface area (Å²) in [6.45, 7) is 2.72. The summed E-state index contributed by atoms with van der Waals surface area (Å²) >= 11 is 6.08. The molecule has 0 unspecified atom stereocenters. The van der Waals surface area contributed by atoms with E-state index in [4.69, 9.17) is 25.8 Å². The van der Waals surface area contributed by atoms with Crippen molar-refractivity contribution in [3.63, 3.8) is 0 Å². The Bertz CT molecular complexity index is 796. The number of nitrogens with one attached hydrogen (secondary N) is 2. The van der Waals surface area contributed by atoms with Gasteiger partial charge in [-0.3, -0.25) is 4.79 Å². The fourth-order valence-electron chi connectivity index (χ4n) is 2.60. The van der Waals surface area contributed by atoms with Crippen LogP contribution in [0, 0.1) is 6.92 Å². The molecule has 7 heteroatoms. The topological polar surface area (TPSA) is 68.8 Å². The molecule has 146 valence electrons. The minimum atomic E-state index is -0.151. The largest absolute Gasteiger partial charge is 0.495 e. The minimum absolute atomic E-state index is 0.151. The monoisotopic (exact) mass is 392 g/mol. The Kier molecular flexibility index (Phi) is 7.76. The second-order valence-corrected chi connectivity index (χ2v) is 6.37. The molecule has 0 fully saturated rings. The highest BCUT2D eigenvalue weighted by atomic mass is 35.5. The highest BCUT2D eigenvalue weighted by molar-refractivity contribution is 6.31. The first-order valence-corrected chi connectivity index (χ1v) is 8.92. The number of carbonyl (C=O) groups is 1. The SMILES string of the molecule is COc1cc(Cl)c(C)cc1NC(=O)CNCCc1ccc(OC)c(OC)c1. The predicted molar refractivity (Wildman–Crippen MR) is 107 cm³/mol. The van der Waals surface area contributed by atoms with E-state index in [1.165, 1.54) is 7.11 Å². The van der Waals surface area contributed by atoms with E-state index in [0.29, 0.717) is 34.5 Å². The first-order chi connectivity index (χ1) is 13.0. The van der Waals surface area contributed by atoms with Crippen LogP contribution in [0.2, 0.25) is 5.02 Å². The lowest BCUT2D eigenvalue weighted by atomic mass is 10.1.